The number of aliphatic hydroxyl groups excluding tert-OH is 6. The fourth-order valence-corrected chi connectivity index (χ4v) is 8.75. The molecular weight excluding hydrogens is 757 g/mol. The summed E-state index contributed by atoms with van der Waals surface area (Å²) < 4.78 is 5.58. The molecule has 1 saturated heterocycles. The highest BCUT2D eigenvalue weighted by Gasteiger charge is 2.43. The molecule has 1 amide bonds. The molecule has 8 N–H and O–H groups in total. The van der Waals surface area contributed by atoms with E-state index >= 15 is 0 Å². The van der Waals surface area contributed by atoms with Gasteiger partial charge in [-0.1, -0.05) is 232 Å². The van der Waals surface area contributed by atoms with Gasteiger partial charge in [-0.3, -0.25) is 10.1 Å². The molecular formula is C50H100N2O8. The quantitative estimate of drug-likeness (QED) is 0.0278. The van der Waals surface area contributed by atoms with Crippen LogP contribution < -0.4 is 10.6 Å². The Kier molecular flexibility index (Phi) is 39.0. The van der Waals surface area contributed by atoms with E-state index in [1.54, 1.807) is 0 Å². The number of carbonyl (C=O) groups is 1. The van der Waals surface area contributed by atoms with Crippen molar-refractivity contribution in [1.29, 1.82) is 0 Å². The molecule has 8 atom stereocenters. The zero-order valence-electron chi connectivity index (χ0n) is 39.2. The van der Waals surface area contributed by atoms with Gasteiger partial charge in [-0.2, -0.15) is 0 Å². The number of carbonyl (C=O) groups excluding carboxylic acids is 1. The molecule has 358 valence electrons. The lowest BCUT2D eigenvalue weighted by molar-refractivity contribution is -0.236. The molecule has 10 heteroatoms. The fraction of sp³-hybridized carbons (Fsp3) is 0.980. The summed E-state index contributed by atoms with van der Waals surface area (Å²) >= 11 is 0. The average Bonchev–Trinajstić information content (AvgIpc) is 3.25. The first kappa shape index (κ1) is 57.2. The fourth-order valence-electron chi connectivity index (χ4n) is 8.75. The van der Waals surface area contributed by atoms with Gasteiger partial charge in [0.2, 0.25) is 5.91 Å². The Hall–Kier alpha value is -0.850. The molecule has 0 aromatic rings. The van der Waals surface area contributed by atoms with E-state index in [0.29, 0.717) is 12.8 Å². The first-order valence-corrected chi connectivity index (χ1v) is 26.0. The van der Waals surface area contributed by atoms with Crippen molar-refractivity contribution in [1.82, 2.24) is 10.6 Å². The largest absolute Gasteiger partial charge is 0.394 e. The smallest absolute Gasteiger partial charge is 0.220 e. The monoisotopic (exact) mass is 857 g/mol. The van der Waals surface area contributed by atoms with Gasteiger partial charge in [0.25, 0.3) is 0 Å². The minimum Gasteiger partial charge on any atom is -0.394 e. The number of amides is 1. The van der Waals surface area contributed by atoms with Crippen LogP contribution in [0.3, 0.4) is 0 Å². The van der Waals surface area contributed by atoms with E-state index in [9.17, 15) is 35.4 Å². The van der Waals surface area contributed by atoms with E-state index in [4.69, 9.17) is 4.74 Å². The topological polar surface area (TPSA) is 172 Å². The number of nitrogens with one attached hydrogen (secondary N) is 2. The van der Waals surface area contributed by atoms with Crippen LogP contribution in [-0.2, 0) is 9.53 Å². The number of rotatable bonds is 44. The maximum atomic E-state index is 13.1. The summed E-state index contributed by atoms with van der Waals surface area (Å²) in [7, 11) is 0. The van der Waals surface area contributed by atoms with E-state index in [0.717, 1.165) is 38.5 Å². The average molecular weight is 857 g/mol. The van der Waals surface area contributed by atoms with Gasteiger partial charge in [0.15, 0.2) is 0 Å². The van der Waals surface area contributed by atoms with Crippen molar-refractivity contribution >= 4 is 5.91 Å². The Labute approximate surface area is 369 Å². The van der Waals surface area contributed by atoms with Crippen LogP contribution >= 0.6 is 0 Å². The second-order valence-corrected chi connectivity index (χ2v) is 18.6. The van der Waals surface area contributed by atoms with Crippen LogP contribution in [0.25, 0.3) is 0 Å². The van der Waals surface area contributed by atoms with Gasteiger partial charge in [-0.05, 0) is 12.8 Å². The van der Waals surface area contributed by atoms with Gasteiger partial charge in [-0.25, -0.2) is 0 Å². The molecule has 1 aliphatic heterocycles. The molecule has 1 aliphatic rings. The van der Waals surface area contributed by atoms with Crippen LogP contribution in [0.1, 0.15) is 251 Å². The van der Waals surface area contributed by atoms with Crippen molar-refractivity contribution in [2.75, 3.05) is 13.2 Å². The molecule has 0 aromatic carbocycles. The molecule has 1 fully saturated rings. The third kappa shape index (κ3) is 30.3. The predicted octanol–water partition coefficient (Wildman–Crippen LogP) is 10.1. The van der Waals surface area contributed by atoms with E-state index in [2.05, 4.69) is 24.5 Å². The standard InChI is InChI=1S/C50H100N2O8/c1-3-5-7-9-11-13-15-17-18-19-20-21-22-23-24-25-26-27-29-31-33-35-37-39-45(55)52-42(40-51-50-49(59)48(58)47(57)44(41-53)60-50)46(56)43(54)38-36-34-32-30-28-16-14-12-10-8-6-4-2/h42-44,46-51,53-54,56-59H,3-41H2,1-2H3,(H,52,55)/t42-,43+,44+,46-,47-,48-,49+,50-/m0/s1. The minimum atomic E-state index is -1.54. The molecule has 10 nitrogen and oxygen atoms in total. The summed E-state index contributed by atoms with van der Waals surface area (Å²) in [4.78, 5) is 13.1. The summed E-state index contributed by atoms with van der Waals surface area (Å²) in [5.41, 5.74) is 0. The van der Waals surface area contributed by atoms with Crippen molar-refractivity contribution < 1.29 is 40.2 Å². The molecule has 1 heterocycles. The Morgan fingerprint density at radius 2 is 0.850 bits per heavy atom. The molecule has 0 radical (unpaired) electrons. The Morgan fingerprint density at radius 3 is 1.22 bits per heavy atom. The molecule has 0 bridgehead atoms. The highest BCUT2D eigenvalue weighted by molar-refractivity contribution is 5.76. The zero-order chi connectivity index (χ0) is 43.9. The Morgan fingerprint density at radius 1 is 0.500 bits per heavy atom. The number of unbranched alkanes of at least 4 members (excludes halogenated alkanes) is 33. The van der Waals surface area contributed by atoms with Crippen molar-refractivity contribution in [2.24, 2.45) is 0 Å². The van der Waals surface area contributed by atoms with Crippen LogP contribution in [0.4, 0.5) is 0 Å². The third-order valence-corrected chi connectivity index (χ3v) is 12.9. The highest BCUT2D eigenvalue weighted by atomic mass is 16.6. The number of hydrogen-bond acceptors (Lipinski definition) is 9. The van der Waals surface area contributed by atoms with Gasteiger partial charge in [-0.15, -0.1) is 0 Å². The van der Waals surface area contributed by atoms with Crippen LogP contribution in [0.15, 0.2) is 0 Å². The molecule has 0 spiro atoms. The summed E-state index contributed by atoms with van der Waals surface area (Å²) in [6.45, 7) is 3.92. The molecule has 0 aromatic heterocycles. The molecule has 1 rings (SSSR count). The van der Waals surface area contributed by atoms with Crippen molar-refractivity contribution in [3.8, 4) is 0 Å². The van der Waals surface area contributed by atoms with Gasteiger partial charge in [0.1, 0.15) is 36.7 Å². The number of hydrogen-bond donors (Lipinski definition) is 8. The van der Waals surface area contributed by atoms with Crippen LogP contribution in [0, 0.1) is 0 Å². The lowest BCUT2D eigenvalue weighted by Gasteiger charge is -2.41. The number of ether oxygens (including phenoxy) is 1. The van der Waals surface area contributed by atoms with Gasteiger partial charge >= 0.3 is 0 Å². The van der Waals surface area contributed by atoms with Crippen LogP contribution in [0.2, 0.25) is 0 Å². The Bertz CT molecular complexity index is 929. The van der Waals surface area contributed by atoms with Crippen LogP contribution in [-0.4, -0.2) is 98.6 Å². The summed E-state index contributed by atoms with van der Waals surface area (Å²) in [5, 5.41) is 68.5. The van der Waals surface area contributed by atoms with E-state index in [-0.39, 0.29) is 12.5 Å². The molecule has 0 unspecified atom stereocenters. The maximum Gasteiger partial charge on any atom is 0.220 e. The summed E-state index contributed by atoms with van der Waals surface area (Å²) in [6, 6.07) is -0.873. The second-order valence-electron chi connectivity index (χ2n) is 18.6. The van der Waals surface area contributed by atoms with Gasteiger partial charge < -0.3 is 40.7 Å². The minimum absolute atomic E-state index is 0.0511. The SMILES string of the molecule is CCCCCCCCCCCCCCCCCCCCCCCCCC(=O)N[C@@H](CN[C@H]1O[C@H](CO)[C@H](O)[C@H](O)[C@H]1O)[C@H](O)[C@H](O)CCCCCCCCCCCCCC. The van der Waals surface area contributed by atoms with E-state index in [1.807, 2.05) is 0 Å². The Balaban J connectivity index is 2.26. The number of aliphatic hydroxyl groups is 6. The summed E-state index contributed by atoms with van der Waals surface area (Å²) in [6.07, 6.45) is 36.4. The lowest BCUT2D eigenvalue weighted by atomic mass is 9.97. The van der Waals surface area contributed by atoms with E-state index < -0.39 is 55.5 Å². The van der Waals surface area contributed by atoms with Gasteiger partial charge in [0.05, 0.1) is 18.8 Å². The van der Waals surface area contributed by atoms with Crippen molar-refractivity contribution in [2.45, 2.75) is 300 Å². The molecule has 60 heavy (non-hydrogen) atoms. The first-order chi connectivity index (χ1) is 29.3. The van der Waals surface area contributed by atoms with E-state index in [1.165, 1.54) is 186 Å². The zero-order valence-corrected chi connectivity index (χ0v) is 39.2. The van der Waals surface area contributed by atoms with Crippen molar-refractivity contribution in [3.05, 3.63) is 0 Å². The first-order valence-electron chi connectivity index (χ1n) is 26.0. The third-order valence-electron chi connectivity index (χ3n) is 12.9. The van der Waals surface area contributed by atoms with Crippen molar-refractivity contribution in [3.63, 3.8) is 0 Å². The molecule has 0 aliphatic carbocycles. The maximum absolute atomic E-state index is 13.1. The highest BCUT2D eigenvalue weighted by Crippen LogP contribution is 2.21. The second kappa shape index (κ2) is 40.9. The summed E-state index contributed by atoms with van der Waals surface area (Å²) in [5.74, 6) is -0.212. The molecule has 0 saturated carbocycles. The van der Waals surface area contributed by atoms with Crippen LogP contribution in [0.5, 0.6) is 0 Å². The lowest BCUT2D eigenvalue weighted by Crippen LogP contribution is -2.64. The van der Waals surface area contributed by atoms with Gasteiger partial charge in [0, 0.05) is 13.0 Å². The normalized spacial score (nSPS) is 21.0. The predicted molar refractivity (Wildman–Crippen MR) is 248 cm³/mol.